The summed E-state index contributed by atoms with van der Waals surface area (Å²) in [6.07, 6.45) is 0. The molecule has 0 radical (unpaired) electrons. The lowest BCUT2D eigenvalue weighted by Gasteiger charge is -2.11. The SMILES string of the molecule is [2H]c1c([2H])c([2H])c(-n2c3ccccc3c3ccc(-n4c5c([2H])c([2H])c([2H])c([2H])c5c5c([2H])c(-c6c([2H])c([2H])c7c(c6[2H])c6c([2H])c([2H])c([2H])c([2H])c6n7-c6ccc(-c7ccccc7)cc6)c([2H])c([2H])c54)cc32)c([2H])c1[2H]. The Kier molecular flexibility index (Phi) is 4.01. The average molecular weight is 745 g/mol. The van der Waals surface area contributed by atoms with Gasteiger partial charge in [-0.25, -0.2) is 0 Å². The maximum atomic E-state index is 10.0. The Morgan fingerprint density at radius 2 is 0.789 bits per heavy atom. The van der Waals surface area contributed by atoms with Gasteiger partial charge in [-0.15, -0.1) is 0 Å². The Bertz CT molecular complexity index is 4590. The quantitative estimate of drug-likeness (QED) is 0.167. The monoisotopic (exact) mass is 744 g/mol. The molecular weight excluding hydrogens is 691 g/mol. The van der Waals surface area contributed by atoms with Crippen LogP contribution in [0.5, 0.6) is 0 Å². The van der Waals surface area contributed by atoms with Crippen LogP contribution < -0.4 is 0 Å². The molecule has 3 heterocycles. The van der Waals surface area contributed by atoms with Crippen molar-refractivity contribution >= 4 is 65.4 Å². The summed E-state index contributed by atoms with van der Waals surface area (Å²) in [5, 5.41) is 0.324. The summed E-state index contributed by atoms with van der Waals surface area (Å²) in [5.41, 5.74) is 1.09. The minimum absolute atomic E-state index is 0.0949. The summed E-state index contributed by atoms with van der Waals surface area (Å²) < 4.78 is 178. The van der Waals surface area contributed by atoms with Gasteiger partial charge in [0.15, 0.2) is 0 Å². The molecule has 0 saturated carbocycles. The van der Waals surface area contributed by atoms with Crippen molar-refractivity contribution in [3.63, 3.8) is 0 Å². The van der Waals surface area contributed by atoms with E-state index in [0.717, 1.165) is 11.1 Å². The molecule has 0 fully saturated rings. The standard InChI is InChI=1S/C54H35N3/c1-3-13-36(14-4-1)37-23-27-41(28-24-37)55-50-21-11-8-18-44(50)47-33-38(25-31-52(47)55)39-26-32-53-48(34-39)45-19-9-12-22-51(45)57(53)42-29-30-46-43-17-7-10-20-49(43)56(54(46)35-42)40-15-5-2-6-16-40/h1-35H/i2D,5D,6D,8D,9D,11D,12D,15D,16D,18D,19D,21D,22D,25D,26D,31D,32D,33D,34D. The van der Waals surface area contributed by atoms with Gasteiger partial charge in [0.05, 0.1) is 59.1 Å². The molecule has 12 rings (SSSR count). The normalized spacial score (nSPS) is 16.5. The van der Waals surface area contributed by atoms with Gasteiger partial charge in [0.1, 0.15) is 0 Å². The van der Waals surface area contributed by atoms with E-state index in [4.69, 9.17) is 13.7 Å². The van der Waals surface area contributed by atoms with Crippen LogP contribution in [0, 0.1) is 0 Å². The summed E-state index contributed by atoms with van der Waals surface area (Å²) >= 11 is 0. The van der Waals surface area contributed by atoms with E-state index in [9.17, 15) is 12.3 Å². The average Bonchev–Trinajstić information content (AvgIpc) is 4.27. The fourth-order valence-corrected chi connectivity index (χ4v) is 7.92. The van der Waals surface area contributed by atoms with Crippen molar-refractivity contribution in [1.29, 1.82) is 0 Å². The van der Waals surface area contributed by atoms with E-state index in [1.54, 1.807) is 66.7 Å². The van der Waals surface area contributed by atoms with Crippen LogP contribution in [-0.4, -0.2) is 13.7 Å². The molecule has 0 amide bonds. The van der Waals surface area contributed by atoms with Crippen molar-refractivity contribution in [2.45, 2.75) is 0 Å². The molecule has 0 aliphatic carbocycles. The minimum atomic E-state index is -0.728. The lowest BCUT2D eigenvalue weighted by atomic mass is 10.0. The van der Waals surface area contributed by atoms with Gasteiger partial charge in [0, 0.05) is 49.4 Å². The zero-order valence-electron chi connectivity index (χ0n) is 48.6. The second-order valence-corrected chi connectivity index (χ2v) is 13.5. The van der Waals surface area contributed by atoms with Crippen molar-refractivity contribution in [3.8, 4) is 39.3 Å². The Balaban J connectivity index is 1.19. The highest BCUT2D eigenvalue weighted by molar-refractivity contribution is 6.14. The molecule has 3 aromatic heterocycles. The van der Waals surface area contributed by atoms with E-state index in [1.165, 1.54) is 13.7 Å². The van der Waals surface area contributed by atoms with Crippen LogP contribution >= 0.6 is 0 Å². The third-order valence-electron chi connectivity index (χ3n) is 10.4. The zero-order chi connectivity index (χ0) is 54.0. The minimum Gasteiger partial charge on any atom is -0.309 e. The van der Waals surface area contributed by atoms with Crippen LogP contribution in [0.3, 0.4) is 0 Å². The highest BCUT2D eigenvalue weighted by atomic mass is 15.0. The predicted octanol–water partition coefficient (Wildman–Crippen LogP) is 14.3. The topological polar surface area (TPSA) is 14.8 Å². The third-order valence-corrected chi connectivity index (χ3v) is 10.4. The van der Waals surface area contributed by atoms with Gasteiger partial charge < -0.3 is 13.7 Å². The van der Waals surface area contributed by atoms with Crippen LogP contribution in [0.1, 0.15) is 26.0 Å². The second kappa shape index (κ2) is 12.5. The van der Waals surface area contributed by atoms with Crippen molar-refractivity contribution < 1.29 is 26.0 Å². The van der Waals surface area contributed by atoms with Gasteiger partial charge in [-0.2, -0.15) is 0 Å². The van der Waals surface area contributed by atoms with Crippen molar-refractivity contribution in [3.05, 3.63) is 212 Å². The van der Waals surface area contributed by atoms with E-state index in [-0.39, 0.29) is 55.0 Å². The van der Waals surface area contributed by atoms with E-state index >= 15 is 0 Å². The number of para-hydroxylation sites is 4. The maximum absolute atomic E-state index is 10.0. The van der Waals surface area contributed by atoms with Gasteiger partial charge in [-0.05, 0) is 101 Å². The second-order valence-electron chi connectivity index (χ2n) is 13.5. The molecular formula is C54H35N3. The van der Waals surface area contributed by atoms with Gasteiger partial charge in [0.2, 0.25) is 0 Å². The van der Waals surface area contributed by atoms with Crippen molar-refractivity contribution in [2.75, 3.05) is 0 Å². The fourth-order valence-electron chi connectivity index (χ4n) is 7.92. The molecule has 0 saturated heterocycles. The van der Waals surface area contributed by atoms with Crippen LogP contribution in [0.15, 0.2) is 212 Å². The molecule has 12 aromatic rings. The zero-order valence-corrected chi connectivity index (χ0v) is 29.6. The first-order valence-corrected chi connectivity index (χ1v) is 18.1. The van der Waals surface area contributed by atoms with Gasteiger partial charge in [0.25, 0.3) is 0 Å². The Hall–Kier alpha value is -7.62. The molecule has 0 spiro atoms. The van der Waals surface area contributed by atoms with Crippen LogP contribution in [0.4, 0.5) is 0 Å². The van der Waals surface area contributed by atoms with E-state index < -0.39 is 126 Å². The van der Waals surface area contributed by atoms with Crippen LogP contribution in [0.2, 0.25) is 0 Å². The summed E-state index contributed by atoms with van der Waals surface area (Å²) in [7, 11) is 0. The van der Waals surface area contributed by atoms with Crippen molar-refractivity contribution in [1.82, 2.24) is 13.7 Å². The highest BCUT2D eigenvalue weighted by Gasteiger charge is 2.18. The summed E-state index contributed by atoms with van der Waals surface area (Å²) in [6, 6.07) is 16.8. The van der Waals surface area contributed by atoms with Crippen LogP contribution in [0.25, 0.3) is 105 Å². The number of benzene rings is 9. The third kappa shape index (κ3) is 4.86. The van der Waals surface area contributed by atoms with E-state index in [0.29, 0.717) is 27.5 Å². The Morgan fingerprint density at radius 3 is 1.47 bits per heavy atom. The largest absolute Gasteiger partial charge is 0.309 e. The van der Waals surface area contributed by atoms with E-state index in [2.05, 4.69) is 0 Å². The molecule has 0 bridgehead atoms. The Labute approximate surface area is 356 Å². The van der Waals surface area contributed by atoms with Crippen molar-refractivity contribution in [2.24, 2.45) is 0 Å². The molecule has 0 aliphatic heterocycles. The molecule has 0 unspecified atom stereocenters. The van der Waals surface area contributed by atoms with Crippen LogP contribution in [-0.2, 0) is 0 Å². The summed E-state index contributed by atoms with van der Waals surface area (Å²) in [4.78, 5) is 0. The fraction of sp³-hybridized carbons (Fsp3) is 0. The molecule has 57 heavy (non-hydrogen) atoms. The summed E-state index contributed by atoms with van der Waals surface area (Å²) in [6.45, 7) is 0. The Morgan fingerprint density at radius 1 is 0.281 bits per heavy atom. The number of aromatic nitrogens is 3. The molecule has 0 N–H and O–H groups in total. The number of hydrogen-bond donors (Lipinski definition) is 0. The number of rotatable bonds is 5. The highest BCUT2D eigenvalue weighted by Crippen LogP contribution is 2.40. The molecule has 0 atom stereocenters. The number of fused-ring (bicyclic) bond motifs is 9. The van der Waals surface area contributed by atoms with Gasteiger partial charge in [-0.3, -0.25) is 0 Å². The van der Waals surface area contributed by atoms with Gasteiger partial charge >= 0.3 is 0 Å². The lowest BCUT2D eigenvalue weighted by Crippen LogP contribution is -1.96. The number of nitrogens with zero attached hydrogens (tertiary/aromatic N) is 3. The molecule has 3 heteroatoms. The first-order valence-electron chi connectivity index (χ1n) is 27.6. The van der Waals surface area contributed by atoms with Gasteiger partial charge in [-0.1, -0.05) is 133 Å². The maximum Gasteiger partial charge on any atom is 0.0645 e. The molecule has 9 aromatic carbocycles. The molecule has 266 valence electrons. The summed E-state index contributed by atoms with van der Waals surface area (Å²) in [5.74, 6) is 0. The van der Waals surface area contributed by atoms with E-state index in [1.807, 2.05) is 30.3 Å². The molecule has 3 nitrogen and oxygen atoms in total. The predicted molar refractivity (Wildman–Crippen MR) is 240 cm³/mol. The smallest absolute Gasteiger partial charge is 0.0645 e. The first kappa shape index (κ1) is 18.3. The first-order chi connectivity index (χ1) is 36.2. The number of hydrogen-bond acceptors (Lipinski definition) is 0. The lowest BCUT2D eigenvalue weighted by molar-refractivity contribution is 1.15. The molecule has 0 aliphatic rings.